The average molecular weight is 291 g/mol. The number of carbonyl (C=O) groups excluding carboxylic acids is 1. The summed E-state index contributed by atoms with van der Waals surface area (Å²) in [5.74, 6) is 1.22. The van der Waals surface area contributed by atoms with Crippen LogP contribution >= 0.6 is 0 Å². The highest BCUT2D eigenvalue weighted by Crippen LogP contribution is 2.23. The van der Waals surface area contributed by atoms with E-state index < -0.39 is 0 Å². The third kappa shape index (κ3) is 3.02. The van der Waals surface area contributed by atoms with Crippen molar-refractivity contribution in [3.63, 3.8) is 0 Å². The van der Waals surface area contributed by atoms with Gasteiger partial charge in [0.2, 0.25) is 0 Å². The second kappa shape index (κ2) is 6.46. The van der Waals surface area contributed by atoms with Crippen LogP contribution < -0.4 is 10.2 Å². The van der Waals surface area contributed by atoms with Crippen molar-refractivity contribution >= 4 is 18.7 Å². The molecule has 0 radical (unpaired) electrons. The van der Waals surface area contributed by atoms with Crippen LogP contribution in [0.15, 0.2) is 42.5 Å². The minimum absolute atomic E-state index is 0.00385. The lowest BCUT2D eigenvalue weighted by Gasteiger charge is -2.11. The molecule has 108 valence electrons. The van der Waals surface area contributed by atoms with Gasteiger partial charge in [0, 0.05) is 12.2 Å². The van der Waals surface area contributed by atoms with Crippen molar-refractivity contribution in [3.8, 4) is 17.6 Å². The molecule has 1 aliphatic heterocycles. The molecule has 22 heavy (non-hydrogen) atoms. The fraction of sp³-hybridized carbons (Fsp3) is 0.176. The molecule has 1 fully saturated rings. The van der Waals surface area contributed by atoms with E-state index in [0.717, 1.165) is 31.1 Å². The Morgan fingerprint density at radius 2 is 1.95 bits per heavy atom. The quantitative estimate of drug-likeness (QED) is 0.642. The molecule has 4 nitrogen and oxygen atoms in total. The largest absolute Gasteiger partial charge is 0.457 e. The first-order valence-electron chi connectivity index (χ1n) is 7.19. The predicted molar refractivity (Wildman–Crippen MR) is 83.8 cm³/mol. The minimum Gasteiger partial charge on any atom is -0.457 e. The fourth-order valence-electron chi connectivity index (χ4n) is 2.57. The highest BCUT2D eigenvalue weighted by molar-refractivity contribution is 6.69. The van der Waals surface area contributed by atoms with E-state index in [4.69, 9.17) is 14.7 Å². The Labute approximate surface area is 129 Å². The van der Waals surface area contributed by atoms with Crippen LogP contribution in [-0.2, 0) is 4.65 Å². The Balaban J connectivity index is 1.82. The predicted octanol–water partition coefficient (Wildman–Crippen LogP) is 2.78. The molecule has 5 heteroatoms. The van der Waals surface area contributed by atoms with Crippen molar-refractivity contribution in [1.29, 1.82) is 5.26 Å². The highest BCUT2D eigenvalue weighted by Gasteiger charge is 2.25. The van der Waals surface area contributed by atoms with Crippen LogP contribution in [0.4, 0.5) is 0 Å². The first-order valence-corrected chi connectivity index (χ1v) is 7.19. The molecule has 1 saturated heterocycles. The van der Waals surface area contributed by atoms with Gasteiger partial charge in [-0.15, -0.1) is 0 Å². The van der Waals surface area contributed by atoms with Crippen molar-refractivity contribution in [2.75, 3.05) is 6.61 Å². The van der Waals surface area contributed by atoms with Gasteiger partial charge in [0.05, 0.1) is 11.6 Å². The number of nitriles is 1. The van der Waals surface area contributed by atoms with Crippen LogP contribution in [0.25, 0.3) is 0 Å². The van der Waals surface area contributed by atoms with Gasteiger partial charge in [0.25, 0.3) is 0 Å². The molecule has 0 aliphatic carbocycles. The summed E-state index contributed by atoms with van der Waals surface area (Å²) in [4.78, 5) is 11.3. The zero-order valence-corrected chi connectivity index (χ0v) is 12.0. The monoisotopic (exact) mass is 291 g/mol. The number of hydrogen-bond acceptors (Lipinski definition) is 4. The lowest BCUT2D eigenvalue weighted by Crippen LogP contribution is -2.32. The van der Waals surface area contributed by atoms with E-state index >= 15 is 0 Å². The molecular formula is C17H14BNO3. The molecule has 2 aromatic carbocycles. The molecule has 0 unspecified atom stereocenters. The lowest BCUT2D eigenvalue weighted by atomic mass is 9.58. The Bertz CT molecular complexity index is 716. The molecule has 0 spiro atoms. The van der Waals surface area contributed by atoms with Crippen LogP contribution in [0.3, 0.4) is 0 Å². The maximum absolute atomic E-state index is 11.3. The van der Waals surface area contributed by atoms with Crippen molar-refractivity contribution < 1.29 is 14.2 Å². The molecule has 0 atom stereocenters. The van der Waals surface area contributed by atoms with Gasteiger partial charge in [0.15, 0.2) is 0 Å². The zero-order valence-electron chi connectivity index (χ0n) is 12.0. The van der Waals surface area contributed by atoms with Gasteiger partial charge in [-0.2, -0.15) is 5.26 Å². The Kier molecular flexibility index (Phi) is 4.22. The van der Waals surface area contributed by atoms with E-state index in [1.54, 1.807) is 30.3 Å². The summed E-state index contributed by atoms with van der Waals surface area (Å²) in [6.07, 6.45) is 2.80. The van der Waals surface area contributed by atoms with E-state index in [2.05, 4.69) is 6.07 Å². The molecule has 1 heterocycles. The van der Waals surface area contributed by atoms with Crippen LogP contribution in [0.5, 0.6) is 11.5 Å². The first-order chi connectivity index (χ1) is 10.8. The molecule has 3 rings (SSSR count). The smallest absolute Gasteiger partial charge is 0.327 e. The van der Waals surface area contributed by atoms with Gasteiger partial charge in [-0.25, -0.2) is 0 Å². The van der Waals surface area contributed by atoms with Crippen LogP contribution in [0.2, 0.25) is 6.32 Å². The average Bonchev–Trinajstić information content (AvgIpc) is 3.09. The summed E-state index contributed by atoms with van der Waals surface area (Å²) in [7, 11) is 0. The minimum atomic E-state index is 0.00385. The number of hydrogen-bond donors (Lipinski definition) is 0. The fourth-order valence-corrected chi connectivity index (χ4v) is 2.57. The van der Waals surface area contributed by atoms with Gasteiger partial charge in [0.1, 0.15) is 17.8 Å². The topological polar surface area (TPSA) is 59.3 Å². The summed E-state index contributed by atoms with van der Waals surface area (Å²) in [5.41, 5.74) is 2.09. The van der Waals surface area contributed by atoms with E-state index in [0.29, 0.717) is 22.6 Å². The normalized spacial score (nSPS) is 13.7. The summed E-state index contributed by atoms with van der Waals surface area (Å²) in [6.45, 7) is 0.746. The second-order valence-electron chi connectivity index (χ2n) is 5.15. The summed E-state index contributed by atoms with van der Waals surface area (Å²) < 4.78 is 11.4. The Morgan fingerprint density at radius 3 is 2.59 bits per heavy atom. The molecule has 1 aliphatic rings. The van der Waals surface area contributed by atoms with Gasteiger partial charge in [-0.1, -0.05) is 6.07 Å². The van der Waals surface area contributed by atoms with E-state index in [1.807, 2.05) is 12.1 Å². The van der Waals surface area contributed by atoms with Crippen LogP contribution in [0, 0.1) is 11.3 Å². The third-order valence-electron chi connectivity index (χ3n) is 3.68. The number of rotatable bonds is 4. The van der Waals surface area contributed by atoms with Crippen LogP contribution in [-0.4, -0.2) is 19.8 Å². The lowest BCUT2D eigenvalue weighted by molar-refractivity contribution is 0.112. The van der Waals surface area contributed by atoms with Gasteiger partial charge in [-0.3, -0.25) is 4.79 Å². The molecule has 0 saturated carbocycles. The third-order valence-corrected chi connectivity index (χ3v) is 3.68. The molecular weight excluding hydrogens is 277 g/mol. The molecule has 0 bridgehead atoms. The maximum atomic E-state index is 11.3. The van der Waals surface area contributed by atoms with Gasteiger partial charge < -0.3 is 9.39 Å². The Morgan fingerprint density at radius 1 is 1.18 bits per heavy atom. The Hall–Kier alpha value is -2.58. The highest BCUT2D eigenvalue weighted by atomic mass is 16.5. The van der Waals surface area contributed by atoms with Gasteiger partial charge >= 0.3 is 6.92 Å². The molecule has 0 aromatic heterocycles. The molecule has 0 amide bonds. The SMILES string of the molecule is N#Cc1ccc(Oc2ccc(B3CCCO3)c(C=O)c2)cc1. The summed E-state index contributed by atoms with van der Waals surface area (Å²) in [5, 5.41) is 8.78. The van der Waals surface area contributed by atoms with Crippen molar-refractivity contribution in [2.24, 2.45) is 0 Å². The first kappa shape index (κ1) is 14.4. The van der Waals surface area contributed by atoms with Crippen molar-refractivity contribution in [3.05, 3.63) is 53.6 Å². The van der Waals surface area contributed by atoms with Gasteiger partial charge in [-0.05, 0) is 54.6 Å². The van der Waals surface area contributed by atoms with Crippen molar-refractivity contribution in [2.45, 2.75) is 12.7 Å². The maximum Gasteiger partial charge on any atom is 0.327 e. The number of aldehydes is 1. The standard InChI is InChI=1S/C17H14BNO3/c19-11-13-2-4-15(5-3-13)22-16-6-7-17(14(10-16)12-20)18-8-1-9-21-18/h2-7,10,12H,1,8-9H2. The zero-order chi connectivity index (χ0) is 15.4. The van der Waals surface area contributed by atoms with Crippen LogP contribution in [0.1, 0.15) is 22.3 Å². The number of benzene rings is 2. The second-order valence-corrected chi connectivity index (χ2v) is 5.15. The summed E-state index contributed by atoms with van der Waals surface area (Å²) in [6, 6.07) is 14.3. The number of ether oxygens (including phenoxy) is 1. The number of carbonyl (C=O) groups is 1. The van der Waals surface area contributed by atoms with Crippen molar-refractivity contribution in [1.82, 2.24) is 0 Å². The molecule has 0 N–H and O–H groups in total. The van der Waals surface area contributed by atoms with E-state index in [1.165, 1.54) is 0 Å². The number of nitrogens with zero attached hydrogens (tertiary/aromatic N) is 1. The summed E-state index contributed by atoms with van der Waals surface area (Å²) >= 11 is 0. The van der Waals surface area contributed by atoms with E-state index in [-0.39, 0.29) is 6.92 Å². The molecule has 2 aromatic rings. The van der Waals surface area contributed by atoms with E-state index in [9.17, 15) is 4.79 Å².